The summed E-state index contributed by atoms with van der Waals surface area (Å²) in [5, 5.41) is 15.0. The number of carboxylic acids is 1. The normalized spacial score (nSPS) is 15.4. The maximum atomic E-state index is 12.9. The second kappa shape index (κ2) is 9.97. The molecule has 1 amide bonds. The molecular formula is C23H26N2O6. The van der Waals surface area contributed by atoms with E-state index in [2.05, 4.69) is 5.10 Å². The highest BCUT2D eigenvalue weighted by atomic mass is 16.5. The first-order chi connectivity index (χ1) is 15.0. The minimum Gasteiger partial charge on any atom is -0.497 e. The Bertz CT molecular complexity index is 971. The number of amides is 1. The van der Waals surface area contributed by atoms with Gasteiger partial charge in [-0.25, -0.2) is 5.01 Å². The van der Waals surface area contributed by atoms with E-state index in [4.69, 9.17) is 19.3 Å². The average Bonchev–Trinajstić information content (AvgIpc) is 3.23. The van der Waals surface area contributed by atoms with Crippen molar-refractivity contribution in [2.24, 2.45) is 5.10 Å². The van der Waals surface area contributed by atoms with E-state index in [-0.39, 0.29) is 31.2 Å². The van der Waals surface area contributed by atoms with Crippen molar-refractivity contribution >= 4 is 17.6 Å². The summed E-state index contributed by atoms with van der Waals surface area (Å²) in [5.41, 5.74) is 2.36. The molecule has 0 spiro atoms. The van der Waals surface area contributed by atoms with E-state index in [0.717, 1.165) is 16.9 Å². The number of aliphatic carboxylic acids is 1. The van der Waals surface area contributed by atoms with E-state index < -0.39 is 5.97 Å². The van der Waals surface area contributed by atoms with Gasteiger partial charge < -0.3 is 19.3 Å². The number of hydrogen-bond acceptors (Lipinski definition) is 6. The molecule has 8 nitrogen and oxygen atoms in total. The molecule has 31 heavy (non-hydrogen) atoms. The van der Waals surface area contributed by atoms with E-state index in [9.17, 15) is 9.59 Å². The molecule has 0 radical (unpaired) electrons. The maximum absolute atomic E-state index is 12.9. The fraction of sp³-hybridized carbons (Fsp3) is 0.348. The van der Waals surface area contributed by atoms with Crippen molar-refractivity contribution in [1.82, 2.24) is 5.01 Å². The molecule has 0 aliphatic carbocycles. The maximum Gasteiger partial charge on any atom is 0.303 e. The number of nitrogens with zero attached hydrogens (tertiary/aromatic N) is 2. The van der Waals surface area contributed by atoms with Crippen LogP contribution in [-0.4, -0.2) is 49.0 Å². The first-order valence-electron chi connectivity index (χ1n) is 9.94. The van der Waals surface area contributed by atoms with E-state index in [1.54, 1.807) is 33.5 Å². The molecule has 0 aromatic heterocycles. The van der Waals surface area contributed by atoms with Gasteiger partial charge in [0.15, 0.2) is 0 Å². The molecule has 1 aliphatic rings. The van der Waals surface area contributed by atoms with Gasteiger partial charge in [0, 0.05) is 24.8 Å². The molecule has 2 aromatic rings. The number of benzene rings is 2. The van der Waals surface area contributed by atoms with Gasteiger partial charge in [-0.15, -0.1) is 0 Å². The zero-order valence-electron chi connectivity index (χ0n) is 17.8. The Morgan fingerprint density at radius 2 is 1.68 bits per heavy atom. The van der Waals surface area contributed by atoms with Crippen LogP contribution in [0.2, 0.25) is 0 Å². The smallest absolute Gasteiger partial charge is 0.303 e. The number of carbonyl (C=O) groups is 2. The summed E-state index contributed by atoms with van der Waals surface area (Å²) in [4.78, 5) is 23.8. The van der Waals surface area contributed by atoms with E-state index in [1.165, 1.54) is 5.01 Å². The predicted octanol–water partition coefficient (Wildman–Crippen LogP) is 3.65. The quantitative estimate of drug-likeness (QED) is 0.657. The summed E-state index contributed by atoms with van der Waals surface area (Å²) in [6.07, 6.45) is 0.784. The number of carbonyl (C=O) groups excluding carboxylic acids is 1. The fourth-order valence-electron chi connectivity index (χ4n) is 3.53. The Morgan fingerprint density at radius 1 is 1.00 bits per heavy atom. The van der Waals surface area contributed by atoms with Crippen LogP contribution in [0.4, 0.5) is 0 Å². The van der Waals surface area contributed by atoms with Gasteiger partial charge in [0.1, 0.15) is 17.2 Å². The molecule has 164 valence electrons. The highest BCUT2D eigenvalue weighted by Crippen LogP contribution is 2.37. The molecule has 1 heterocycles. The number of hydrogen-bond donors (Lipinski definition) is 1. The van der Waals surface area contributed by atoms with Crippen LogP contribution in [0.5, 0.6) is 17.2 Å². The summed E-state index contributed by atoms with van der Waals surface area (Å²) < 4.78 is 16.1. The second-order valence-electron chi connectivity index (χ2n) is 7.09. The number of methoxy groups -OCH3 is 3. The van der Waals surface area contributed by atoms with Gasteiger partial charge in [-0.1, -0.05) is 12.1 Å². The molecule has 1 N–H and O–H groups in total. The minimum atomic E-state index is -0.925. The third-order valence-corrected chi connectivity index (χ3v) is 5.17. The van der Waals surface area contributed by atoms with Crippen LogP contribution in [0.1, 0.15) is 42.9 Å². The molecule has 1 atom stereocenters. The molecule has 2 aromatic carbocycles. The van der Waals surface area contributed by atoms with Crippen molar-refractivity contribution in [2.45, 2.75) is 31.7 Å². The van der Waals surface area contributed by atoms with Crippen LogP contribution >= 0.6 is 0 Å². The molecule has 1 aliphatic heterocycles. The van der Waals surface area contributed by atoms with Gasteiger partial charge in [0.05, 0.1) is 33.1 Å². The van der Waals surface area contributed by atoms with Gasteiger partial charge in [-0.3, -0.25) is 9.59 Å². The lowest BCUT2D eigenvalue weighted by Crippen LogP contribution is -2.27. The lowest BCUT2D eigenvalue weighted by atomic mass is 9.97. The summed E-state index contributed by atoms with van der Waals surface area (Å²) in [6, 6.07) is 12.6. The molecule has 0 saturated heterocycles. The van der Waals surface area contributed by atoms with Crippen LogP contribution in [0.3, 0.4) is 0 Å². The SMILES string of the molecule is COc1ccc([C@H]2CC(c3cc(OC)ccc3OC)=NN2C(=O)CCCC(=O)O)cc1. The Labute approximate surface area is 181 Å². The van der Waals surface area contributed by atoms with Crippen LogP contribution in [0.25, 0.3) is 0 Å². The monoisotopic (exact) mass is 426 g/mol. The number of ether oxygens (including phenoxy) is 3. The van der Waals surface area contributed by atoms with Crippen molar-refractivity contribution in [3.05, 3.63) is 53.6 Å². The zero-order valence-corrected chi connectivity index (χ0v) is 17.8. The highest BCUT2D eigenvalue weighted by Gasteiger charge is 2.34. The van der Waals surface area contributed by atoms with Crippen LogP contribution in [0.15, 0.2) is 47.6 Å². The number of rotatable bonds is 9. The summed E-state index contributed by atoms with van der Waals surface area (Å²) in [5.74, 6) is 0.862. The fourth-order valence-corrected chi connectivity index (χ4v) is 3.53. The van der Waals surface area contributed by atoms with Crippen molar-refractivity contribution in [3.8, 4) is 17.2 Å². The zero-order chi connectivity index (χ0) is 22.4. The summed E-state index contributed by atoms with van der Waals surface area (Å²) in [6.45, 7) is 0. The Hall–Kier alpha value is -3.55. The first kappa shape index (κ1) is 22.1. The van der Waals surface area contributed by atoms with Crippen LogP contribution < -0.4 is 14.2 Å². The van der Waals surface area contributed by atoms with Crippen molar-refractivity contribution in [3.63, 3.8) is 0 Å². The van der Waals surface area contributed by atoms with Gasteiger partial charge in [-0.05, 0) is 42.3 Å². The number of carboxylic acid groups (broad SMARTS) is 1. The second-order valence-corrected chi connectivity index (χ2v) is 7.09. The van der Waals surface area contributed by atoms with Crippen molar-refractivity contribution < 1.29 is 28.9 Å². The molecule has 0 bridgehead atoms. The Morgan fingerprint density at radius 3 is 2.29 bits per heavy atom. The minimum absolute atomic E-state index is 0.0624. The highest BCUT2D eigenvalue weighted by molar-refractivity contribution is 6.05. The van der Waals surface area contributed by atoms with E-state index >= 15 is 0 Å². The molecule has 0 unspecified atom stereocenters. The largest absolute Gasteiger partial charge is 0.497 e. The molecular weight excluding hydrogens is 400 g/mol. The van der Waals surface area contributed by atoms with Gasteiger partial charge >= 0.3 is 5.97 Å². The topological polar surface area (TPSA) is 97.7 Å². The molecule has 3 rings (SSSR count). The summed E-state index contributed by atoms with van der Waals surface area (Å²) >= 11 is 0. The van der Waals surface area contributed by atoms with Crippen molar-refractivity contribution in [1.29, 1.82) is 0 Å². The van der Waals surface area contributed by atoms with Gasteiger partial charge in [-0.2, -0.15) is 5.10 Å². The Balaban J connectivity index is 1.94. The Kier molecular flexibility index (Phi) is 7.12. The first-order valence-corrected chi connectivity index (χ1v) is 9.94. The van der Waals surface area contributed by atoms with E-state index in [1.807, 2.05) is 30.3 Å². The average molecular weight is 426 g/mol. The number of hydrazone groups is 1. The molecule has 8 heteroatoms. The molecule has 0 fully saturated rings. The standard InChI is InChI=1S/C23H26N2O6/c1-29-16-9-7-15(8-10-16)20-14-19(18-13-17(30-2)11-12-21(18)31-3)24-25(20)22(26)5-4-6-23(27)28/h7-13,20H,4-6,14H2,1-3H3,(H,27,28)/t20-/m1/s1. The van der Waals surface area contributed by atoms with E-state index in [0.29, 0.717) is 23.6 Å². The lowest BCUT2D eigenvalue weighted by molar-refractivity contribution is -0.137. The third kappa shape index (κ3) is 5.14. The van der Waals surface area contributed by atoms with Crippen LogP contribution in [0, 0.1) is 0 Å². The molecule has 0 saturated carbocycles. The van der Waals surface area contributed by atoms with Crippen LogP contribution in [-0.2, 0) is 9.59 Å². The summed E-state index contributed by atoms with van der Waals surface area (Å²) in [7, 11) is 4.76. The predicted molar refractivity (Wildman–Crippen MR) is 115 cm³/mol. The van der Waals surface area contributed by atoms with Gasteiger partial charge in [0.25, 0.3) is 0 Å². The van der Waals surface area contributed by atoms with Crippen molar-refractivity contribution in [2.75, 3.05) is 21.3 Å². The van der Waals surface area contributed by atoms with Gasteiger partial charge in [0.2, 0.25) is 5.91 Å². The lowest BCUT2D eigenvalue weighted by Gasteiger charge is -2.22. The third-order valence-electron chi connectivity index (χ3n) is 5.17.